The van der Waals surface area contributed by atoms with Crippen molar-refractivity contribution in [1.29, 1.82) is 0 Å². The lowest BCUT2D eigenvalue weighted by Crippen LogP contribution is -2.32. The van der Waals surface area contributed by atoms with Crippen LogP contribution in [-0.2, 0) is 9.59 Å². The zero-order chi connectivity index (χ0) is 19.8. The van der Waals surface area contributed by atoms with E-state index in [4.69, 9.17) is 4.42 Å². The van der Waals surface area contributed by atoms with Crippen LogP contribution >= 0.6 is 11.8 Å². The molecule has 3 aromatic rings. The smallest absolute Gasteiger partial charge is 0.247 e. The van der Waals surface area contributed by atoms with Crippen LogP contribution in [0.4, 0.5) is 5.69 Å². The highest BCUT2D eigenvalue weighted by molar-refractivity contribution is 8.00. The Kier molecular flexibility index (Phi) is 4.72. The highest BCUT2D eigenvalue weighted by atomic mass is 32.2. The van der Waals surface area contributed by atoms with E-state index in [1.54, 1.807) is 6.07 Å². The predicted octanol–water partition coefficient (Wildman–Crippen LogP) is 3.48. The SMILES string of the molecule is Cc1ccc(-c2cnnc(SC3CC(=O)N(c4c(C)cccc4C)C3=O)n2)o1. The topological polar surface area (TPSA) is 89.2 Å². The average molecular weight is 394 g/mol. The van der Waals surface area contributed by atoms with Gasteiger partial charge in [-0.05, 0) is 44.0 Å². The van der Waals surface area contributed by atoms with Gasteiger partial charge in [-0.15, -0.1) is 5.10 Å². The lowest BCUT2D eigenvalue weighted by atomic mass is 10.1. The molecule has 0 bridgehead atoms. The summed E-state index contributed by atoms with van der Waals surface area (Å²) in [5.74, 6) is 0.879. The molecule has 7 nitrogen and oxygen atoms in total. The number of hydrogen-bond donors (Lipinski definition) is 0. The summed E-state index contributed by atoms with van der Waals surface area (Å²) in [6.07, 6.45) is 1.61. The van der Waals surface area contributed by atoms with E-state index in [-0.39, 0.29) is 18.2 Å². The molecular weight excluding hydrogens is 376 g/mol. The predicted molar refractivity (Wildman–Crippen MR) is 105 cm³/mol. The second-order valence-corrected chi connectivity index (χ2v) is 7.82. The van der Waals surface area contributed by atoms with Crippen molar-refractivity contribution in [3.63, 3.8) is 0 Å². The first kappa shape index (κ1) is 18.4. The van der Waals surface area contributed by atoms with Crippen molar-refractivity contribution in [2.24, 2.45) is 0 Å². The molecule has 1 atom stereocenters. The van der Waals surface area contributed by atoms with E-state index in [2.05, 4.69) is 15.2 Å². The van der Waals surface area contributed by atoms with E-state index in [1.807, 2.05) is 45.0 Å². The Balaban J connectivity index is 1.58. The molecule has 0 N–H and O–H groups in total. The van der Waals surface area contributed by atoms with Crippen molar-refractivity contribution in [1.82, 2.24) is 15.2 Å². The van der Waals surface area contributed by atoms with Gasteiger partial charge in [0, 0.05) is 6.42 Å². The van der Waals surface area contributed by atoms with Gasteiger partial charge in [-0.2, -0.15) is 5.10 Å². The molecule has 28 heavy (non-hydrogen) atoms. The maximum Gasteiger partial charge on any atom is 0.247 e. The molecule has 0 aliphatic carbocycles. The fourth-order valence-electron chi connectivity index (χ4n) is 3.24. The van der Waals surface area contributed by atoms with Crippen molar-refractivity contribution < 1.29 is 14.0 Å². The normalized spacial score (nSPS) is 16.8. The molecule has 4 rings (SSSR count). The van der Waals surface area contributed by atoms with Crippen molar-refractivity contribution in [2.45, 2.75) is 37.6 Å². The Bertz CT molecular complexity index is 1060. The molecule has 1 fully saturated rings. The summed E-state index contributed by atoms with van der Waals surface area (Å²) in [6, 6.07) is 9.34. The first-order valence-corrected chi connectivity index (χ1v) is 9.68. The molecule has 1 saturated heterocycles. The lowest BCUT2D eigenvalue weighted by molar-refractivity contribution is -0.121. The first-order chi connectivity index (χ1) is 13.4. The Labute approximate surface area is 166 Å². The number of hydrogen-bond acceptors (Lipinski definition) is 7. The van der Waals surface area contributed by atoms with Crippen LogP contribution in [0.5, 0.6) is 0 Å². The molecule has 0 saturated carbocycles. The maximum absolute atomic E-state index is 13.0. The van der Waals surface area contributed by atoms with Gasteiger partial charge in [0.05, 0.1) is 11.9 Å². The number of thioether (sulfide) groups is 1. The monoisotopic (exact) mass is 394 g/mol. The van der Waals surface area contributed by atoms with E-state index < -0.39 is 5.25 Å². The largest absolute Gasteiger partial charge is 0.460 e. The van der Waals surface area contributed by atoms with E-state index in [0.717, 1.165) is 28.6 Å². The Morgan fingerprint density at radius 3 is 2.54 bits per heavy atom. The number of aromatic nitrogens is 3. The van der Waals surface area contributed by atoms with Crippen LogP contribution in [0.2, 0.25) is 0 Å². The molecule has 1 aromatic carbocycles. The fourth-order valence-corrected chi connectivity index (χ4v) is 4.18. The highest BCUT2D eigenvalue weighted by Gasteiger charge is 2.41. The zero-order valence-electron chi connectivity index (χ0n) is 15.7. The molecule has 0 radical (unpaired) electrons. The van der Waals surface area contributed by atoms with Gasteiger partial charge < -0.3 is 4.42 Å². The van der Waals surface area contributed by atoms with Crippen LogP contribution in [0.3, 0.4) is 0 Å². The number of imide groups is 1. The summed E-state index contributed by atoms with van der Waals surface area (Å²) in [5, 5.41) is 7.72. The van der Waals surface area contributed by atoms with E-state index >= 15 is 0 Å². The van der Waals surface area contributed by atoms with Crippen LogP contribution in [0.25, 0.3) is 11.5 Å². The molecule has 1 aliphatic rings. The minimum atomic E-state index is -0.582. The number of carbonyl (C=O) groups is 2. The second kappa shape index (κ2) is 7.20. The second-order valence-electron chi connectivity index (χ2n) is 6.65. The van der Waals surface area contributed by atoms with Crippen LogP contribution in [0, 0.1) is 20.8 Å². The van der Waals surface area contributed by atoms with Gasteiger partial charge in [-0.25, -0.2) is 9.88 Å². The Morgan fingerprint density at radius 2 is 1.86 bits per heavy atom. The van der Waals surface area contributed by atoms with Gasteiger partial charge in [0.15, 0.2) is 5.76 Å². The zero-order valence-corrected chi connectivity index (χ0v) is 16.5. The Hall–Kier alpha value is -3.00. The van der Waals surface area contributed by atoms with Crippen molar-refractivity contribution in [2.75, 3.05) is 4.90 Å². The molecule has 1 aliphatic heterocycles. The van der Waals surface area contributed by atoms with E-state index in [9.17, 15) is 9.59 Å². The van der Waals surface area contributed by atoms with Crippen molar-refractivity contribution in [3.05, 3.63) is 53.4 Å². The summed E-state index contributed by atoms with van der Waals surface area (Å²) < 4.78 is 5.57. The molecular formula is C20H18N4O3S. The number of anilines is 1. The summed E-state index contributed by atoms with van der Waals surface area (Å²) in [5.41, 5.74) is 2.98. The van der Waals surface area contributed by atoms with Gasteiger partial charge in [0.25, 0.3) is 0 Å². The highest BCUT2D eigenvalue weighted by Crippen LogP contribution is 2.35. The number of para-hydroxylation sites is 1. The number of amides is 2. The minimum absolute atomic E-state index is 0.102. The van der Waals surface area contributed by atoms with Gasteiger partial charge in [-0.1, -0.05) is 30.0 Å². The van der Waals surface area contributed by atoms with Crippen LogP contribution < -0.4 is 4.90 Å². The molecule has 2 aromatic heterocycles. The third kappa shape index (κ3) is 3.31. The number of aryl methyl sites for hydroxylation is 3. The minimum Gasteiger partial charge on any atom is -0.460 e. The fraction of sp³-hybridized carbons (Fsp3) is 0.250. The quantitative estimate of drug-likeness (QED) is 0.626. The van der Waals surface area contributed by atoms with Gasteiger partial charge >= 0.3 is 0 Å². The van der Waals surface area contributed by atoms with Gasteiger partial charge in [0.1, 0.15) is 16.7 Å². The van der Waals surface area contributed by atoms with E-state index in [1.165, 1.54) is 11.1 Å². The molecule has 142 valence electrons. The molecule has 0 spiro atoms. The van der Waals surface area contributed by atoms with E-state index in [0.29, 0.717) is 22.3 Å². The summed E-state index contributed by atoms with van der Waals surface area (Å²) in [4.78, 5) is 31.3. The number of furan rings is 1. The van der Waals surface area contributed by atoms with Gasteiger partial charge in [0.2, 0.25) is 17.0 Å². The van der Waals surface area contributed by atoms with Crippen molar-refractivity contribution >= 4 is 29.3 Å². The number of benzene rings is 1. The number of rotatable bonds is 4. The third-order valence-corrected chi connectivity index (χ3v) is 5.58. The van der Waals surface area contributed by atoms with Crippen molar-refractivity contribution in [3.8, 4) is 11.5 Å². The standard InChI is InChI=1S/C20H18N4O3S/c1-11-5-4-6-12(2)18(11)24-17(25)9-16(19(24)26)28-20-22-14(10-21-23-20)15-8-7-13(3)27-15/h4-8,10,16H,9H2,1-3H3. The van der Waals surface area contributed by atoms with Crippen LogP contribution in [0.1, 0.15) is 23.3 Å². The summed E-state index contributed by atoms with van der Waals surface area (Å²) >= 11 is 1.15. The first-order valence-electron chi connectivity index (χ1n) is 8.80. The number of nitrogens with zero attached hydrogens (tertiary/aromatic N) is 4. The lowest BCUT2D eigenvalue weighted by Gasteiger charge is -2.19. The maximum atomic E-state index is 13.0. The van der Waals surface area contributed by atoms with Crippen LogP contribution in [-0.4, -0.2) is 32.2 Å². The molecule has 1 unspecified atom stereocenters. The summed E-state index contributed by atoms with van der Waals surface area (Å²) in [6.45, 7) is 5.63. The molecule has 2 amide bonds. The molecule has 8 heteroatoms. The Morgan fingerprint density at radius 1 is 1.11 bits per heavy atom. The average Bonchev–Trinajstić information content (AvgIpc) is 3.20. The number of carbonyl (C=O) groups excluding carboxylic acids is 2. The summed E-state index contributed by atoms with van der Waals surface area (Å²) in [7, 11) is 0. The third-order valence-electron chi connectivity index (χ3n) is 4.55. The van der Waals surface area contributed by atoms with Crippen LogP contribution in [0.15, 0.2) is 46.1 Å². The van der Waals surface area contributed by atoms with Gasteiger partial charge in [-0.3, -0.25) is 9.59 Å². The molecule has 3 heterocycles.